The summed E-state index contributed by atoms with van der Waals surface area (Å²) in [6.45, 7) is 2.52. The molecule has 0 spiro atoms. The van der Waals surface area contributed by atoms with Gasteiger partial charge in [0.25, 0.3) is 0 Å². The Hall–Kier alpha value is -3.81. The third-order valence-corrected chi connectivity index (χ3v) is 7.35. The molecule has 0 saturated heterocycles. The highest BCUT2D eigenvalue weighted by Crippen LogP contribution is 2.31. The van der Waals surface area contributed by atoms with Gasteiger partial charge in [0.1, 0.15) is 11.3 Å². The second-order valence-corrected chi connectivity index (χ2v) is 10.2. The van der Waals surface area contributed by atoms with E-state index in [-0.39, 0.29) is 10.8 Å². The molecule has 2 aromatic heterocycles. The van der Waals surface area contributed by atoms with E-state index in [1.165, 1.54) is 0 Å². The Morgan fingerprint density at radius 3 is 2.20 bits per heavy atom. The molecule has 0 aliphatic carbocycles. The van der Waals surface area contributed by atoms with Crippen molar-refractivity contribution in [3.05, 3.63) is 125 Å². The van der Waals surface area contributed by atoms with Crippen LogP contribution in [0.15, 0.2) is 102 Å². The normalized spacial score (nSPS) is 11.9. The molecule has 3 aromatic carbocycles. The summed E-state index contributed by atoms with van der Waals surface area (Å²) < 4.78 is 27.2. The molecule has 0 saturated carbocycles. The molecule has 5 rings (SSSR count). The van der Waals surface area contributed by atoms with Crippen molar-refractivity contribution in [2.45, 2.75) is 30.7 Å². The van der Waals surface area contributed by atoms with Crippen LogP contribution in [0.5, 0.6) is 0 Å². The second-order valence-electron chi connectivity index (χ2n) is 8.67. The number of hydrogen-bond acceptors (Lipinski definition) is 4. The van der Waals surface area contributed by atoms with Crippen LogP contribution < -0.4 is 5.14 Å². The van der Waals surface area contributed by atoms with E-state index in [9.17, 15) is 8.42 Å². The van der Waals surface area contributed by atoms with Crippen LogP contribution in [-0.4, -0.2) is 23.0 Å². The number of benzene rings is 3. The summed E-state index contributed by atoms with van der Waals surface area (Å²) in [5.41, 5.74) is 5.74. The Balaban J connectivity index is 1.58. The Labute approximate surface area is 205 Å². The van der Waals surface area contributed by atoms with Crippen LogP contribution in [0.3, 0.4) is 0 Å². The molecule has 0 amide bonds. The van der Waals surface area contributed by atoms with E-state index in [1.54, 1.807) is 18.5 Å². The van der Waals surface area contributed by atoms with Crippen LogP contribution in [0.1, 0.15) is 34.0 Å². The molecule has 0 radical (unpaired) electrons. The molecule has 2 N–H and O–H groups in total. The van der Waals surface area contributed by atoms with Gasteiger partial charge in [-0.05, 0) is 47.7 Å². The monoisotopic (exact) mass is 482 g/mol. The molecule has 0 aliphatic heterocycles. The summed E-state index contributed by atoms with van der Waals surface area (Å²) in [5, 5.41) is 5.65. The Morgan fingerprint density at radius 2 is 1.57 bits per heavy atom. The predicted octanol–water partition coefficient (Wildman–Crippen LogP) is 4.81. The van der Waals surface area contributed by atoms with Crippen molar-refractivity contribution in [3.8, 4) is 0 Å². The fourth-order valence-electron chi connectivity index (χ4n) is 4.67. The molecule has 6 nitrogen and oxygen atoms in total. The van der Waals surface area contributed by atoms with E-state index in [2.05, 4.69) is 38.8 Å². The minimum absolute atomic E-state index is 0.0185. The van der Waals surface area contributed by atoms with Gasteiger partial charge in [-0.2, -0.15) is 0 Å². The lowest BCUT2D eigenvalue weighted by molar-refractivity contribution is 0.595. The van der Waals surface area contributed by atoms with Gasteiger partial charge in [0.15, 0.2) is 0 Å². The van der Waals surface area contributed by atoms with E-state index in [0.717, 1.165) is 33.5 Å². The molecular weight excluding hydrogens is 456 g/mol. The maximum Gasteiger partial charge on any atom is 0.238 e. The Kier molecular flexibility index (Phi) is 6.19. The van der Waals surface area contributed by atoms with Gasteiger partial charge in [-0.3, -0.25) is 4.98 Å². The number of fused-ring (bicyclic) bond motifs is 1. The first-order valence-corrected chi connectivity index (χ1v) is 13.0. The van der Waals surface area contributed by atoms with Crippen LogP contribution in [0.4, 0.5) is 0 Å². The quantitative estimate of drug-likeness (QED) is 0.360. The van der Waals surface area contributed by atoms with Crippen molar-refractivity contribution >= 4 is 21.1 Å². The maximum absolute atomic E-state index is 12.5. The molecule has 0 aliphatic rings. The van der Waals surface area contributed by atoms with Gasteiger partial charge in [0.2, 0.25) is 10.0 Å². The van der Waals surface area contributed by atoms with Gasteiger partial charge in [-0.1, -0.05) is 72.8 Å². The van der Waals surface area contributed by atoms with Crippen molar-refractivity contribution in [1.82, 2.24) is 14.5 Å². The lowest BCUT2D eigenvalue weighted by atomic mass is 9.85. The molecule has 2 heterocycles. The topological polar surface area (TPSA) is 90.9 Å². The Morgan fingerprint density at radius 1 is 0.914 bits per heavy atom. The van der Waals surface area contributed by atoms with Gasteiger partial charge in [0.05, 0.1) is 16.6 Å². The van der Waals surface area contributed by atoms with E-state index in [1.807, 2.05) is 61.5 Å². The van der Waals surface area contributed by atoms with Crippen LogP contribution in [-0.2, 0) is 23.0 Å². The minimum atomic E-state index is -3.89. The average Bonchev–Trinajstić information content (AvgIpc) is 3.18. The van der Waals surface area contributed by atoms with E-state index < -0.39 is 10.0 Å². The highest BCUT2D eigenvalue weighted by molar-refractivity contribution is 7.89. The number of nitrogens with two attached hydrogens (primary N) is 1. The average molecular weight is 483 g/mol. The lowest BCUT2D eigenvalue weighted by Gasteiger charge is -2.20. The molecule has 0 unspecified atom stereocenters. The number of hydrogen-bond donors (Lipinski definition) is 1. The number of aromatic nitrogens is 3. The first-order valence-electron chi connectivity index (χ1n) is 11.4. The predicted molar refractivity (Wildman–Crippen MR) is 138 cm³/mol. The smallest absolute Gasteiger partial charge is 0.238 e. The van der Waals surface area contributed by atoms with Gasteiger partial charge < -0.3 is 4.57 Å². The zero-order chi connectivity index (χ0) is 24.4. The van der Waals surface area contributed by atoms with Crippen LogP contribution >= 0.6 is 0 Å². The number of imidazole rings is 1. The third kappa shape index (κ3) is 4.87. The largest absolute Gasteiger partial charge is 0.324 e. The number of sulfonamides is 1. The van der Waals surface area contributed by atoms with E-state index in [0.29, 0.717) is 18.5 Å². The van der Waals surface area contributed by atoms with Crippen molar-refractivity contribution < 1.29 is 8.42 Å². The number of pyridine rings is 1. The lowest BCUT2D eigenvalue weighted by Crippen LogP contribution is -2.17. The van der Waals surface area contributed by atoms with Crippen molar-refractivity contribution in [3.63, 3.8) is 0 Å². The summed E-state index contributed by atoms with van der Waals surface area (Å²) in [6.07, 6.45) is 4.00. The van der Waals surface area contributed by atoms with Crippen molar-refractivity contribution in [2.24, 2.45) is 5.14 Å². The van der Waals surface area contributed by atoms with Gasteiger partial charge in [-0.25, -0.2) is 18.5 Å². The highest BCUT2D eigenvalue weighted by Gasteiger charge is 2.21. The molecule has 35 heavy (non-hydrogen) atoms. The fourth-order valence-corrected chi connectivity index (χ4v) is 5.44. The minimum Gasteiger partial charge on any atom is -0.324 e. The molecule has 0 bridgehead atoms. The zero-order valence-electron chi connectivity index (χ0n) is 19.4. The van der Waals surface area contributed by atoms with E-state index in [4.69, 9.17) is 5.14 Å². The summed E-state index contributed by atoms with van der Waals surface area (Å²) >= 11 is 0. The standard InChI is InChI=1S/C28H26N4O2S/c1-20-31-26-18-30-15-14-27(26)32(20)19-21-12-13-28(35(29,33)34)24(16-21)17-25(22-8-4-2-5-9-22)23-10-6-3-7-11-23/h2-16,18,25H,17,19H2,1H3,(H2,29,33,34). The highest BCUT2D eigenvalue weighted by atomic mass is 32.2. The first kappa shape index (κ1) is 23.0. The fraction of sp³-hybridized carbons (Fsp3) is 0.143. The maximum atomic E-state index is 12.5. The number of primary sulfonamides is 1. The number of aryl methyl sites for hydroxylation is 1. The molecule has 176 valence electrons. The van der Waals surface area contributed by atoms with Crippen molar-refractivity contribution in [2.75, 3.05) is 0 Å². The summed E-state index contributed by atoms with van der Waals surface area (Å²) in [5.74, 6) is 0.853. The van der Waals surface area contributed by atoms with E-state index >= 15 is 0 Å². The van der Waals surface area contributed by atoms with Crippen LogP contribution in [0.25, 0.3) is 11.0 Å². The summed E-state index contributed by atoms with van der Waals surface area (Å²) in [7, 11) is -3.89. The van der Waals surface area contributed by atoms with Crippen molar-refractivity contribution in [1.29, 1.82) is 0 Å². The molecular formula is C28H26N4O2S. The van der Waals surface area contributed by atoms with Crippen LogP contribution in [0, 0.1) is 6.92 Å². The summed E-state index contributed by atoms with van der Waals surface area (Å²) in [6, 6.07) is 27.6. The van der Waals surface area contributed by atoms with Crippen LogP contribution in [0.2, 0.25) is 0 Å². The Bertz CT molecular complexity index is 1540. The van der Waals surface area contributed by atoms with Gasteiger partial charge >= 0.3 is 0 Å². The molecule has 7 heteroatoms. The first-order chi connectivity index (χ1) is 16.9. The molecule has 0 fully saturated rings. The van der Waals surface area contributed by atoms with Gasteiger partial charge in [0, 0.05) is 18.7 Å². The second kappa shape index (κ2) is 9.44. The zero-order valence-corrected chi connectivity index (χ0v) is 20.2. The molecule has 5 aromatic rings. The number of nitrogens with zero attached hydrogens (tertiary/aromatic N) is 3. The third-order valence-electron chi connectivity index (χ3n) is 6.34. The van der Waals surface area contributed by atoms with Gasteiger partial charge in [-0.15, -0.1) is 0 Å². The SMILES string of the molecule is Cc1nc2cnccc2n1Cc1ccc(S(N)(=O)=O)c(CC(c2ccccc2)c2ccccc2)c1. The number of rotatable bonds is 7. The molecule has 0 atom stereocenters. The summed E-state index contributed by atoms with van der Waals surface area (Å²) in [4.78, 5) is 8.92.